The predicted octanol–water partition coefficient (Wildman–Crippen LogP) is 3.37. The molecule has 0 aromatic heterocycles. The van der Waals surface area contributed by atoms with Gasteiger partial charge in [-0.1, -0.05) is 36.4 Å². The van der Waals surface area contributed by atoms with Gasteiger partial charge in [0.25, 0.3) is 6.47 Å². The van der Waals surface area contributed by atoms with E-state index in [2.05, 4.69) is 10.6 Å². The summed E-state index contributed by atoms with van der Waals surface area (Å²) in [7, 11) is 0. The van der Waals surface area contributed by atoms with Crippen molar-refractivity contribution >= 4 is 24.0 Å². The molecule has 7 nitrogen and oxygen atoms in total. The van der Waals surface area contributed by atoms with Crippen molar-refractivity contribution in [1.29, 1.82) is 0 Å². The van der Waals surface area contributed by atoms with Crippen molar-refractivity contribution in [2.45, 2.75) is 38.0 Å². The van der Waals surface area contributed by atoms with Gasteiger partial charge in [-0.3, -0.25) is 14.4 Å². The van der Waals surface area contributed by atoms with Crippen LogP contribution in [0.5, 0.6) is 0 Å². The maximum atomic E-state index is 12.6. The van der Waals surface area contributed by atoms with Crippen LogP contribution in [0.2, 0.25) is 0 Å². The number of carbonyl (C=O) groups excluding carboxylic acids is 2. The summed E-state index contributed by atoms with van der Waals surface area (Å²) >= 11 is 0. The van der Waals surface area contributed by atoms with Gasteiger partial charge in [0.2, 0.25) is 11.8 Å². The zero-order valence-electron chi connectivity index (χ0n) is 17.9. The Labute approximate surface area is 189 Å². The average Bonchev–Trinajstić information content (AvgIpc) is 2.76. The summed E-state index contributed by atoms with van der Waals surface area (Å²) in [4.78, 5) is 32.4. The number of carbonyl (C=O) groups is 3. The van der Waals surface area contributed by atoms with Crippen LogP contribution in [0.1, 0.15) is 24.5 Å². The molecule has 0 spiro atoms. The Morgan fingerprint density at radius 2 is 1.67 bits per heavy atom. The van der Waals surface area contributed by atoms with Crippen LogP contribution in [0.25, 0.3) is 0 Å². The van der Waals surface area contributed by atoms with Gasteiger partial charge >= 0.3 is 6.18 Å². The minimum absolute atomic E-state index is 0.234. The summed E-state index contributed by atoms with van der Waals surface area (Å²) in [6.45, 7) is 1.31. The third-order valence-electron chi connectivity index (χ3n) is 4.29. The van der Waals surface area contributed by atoms with Gasteiger partial charge in [-0.25, -0.2) is 0 Å². The Kier molecular flexibility index (Phi) is 11.4. The molecule has 0 heterocycles. The number of hydrogen-bond donors (Lipinski definition) is 4. The molecule has 2 aromatic carbocycles. The molecule has 0 aliphatic rings. The molecule has 0 aliphatic carbocycles. The zero-order chi connectivity index (χ0) is 24.9. The SMILES string of the molecule is C[C@H](N)C(=O)N[C@H](C=CC(=O)Nc1ccc(C(F)(F)F)cc1)CCc1ccccc1.O=CO. The Bertz CT molecular complexity index is 915. The third kappa shape index (κ3) is 11.0. The number of carboxylic acid groups (broad SMARTS) is 1. The highest BCUT2D eigenvalue weighted by Crippen LogP contribution is 2.29. The summed E-state index contributed by atoms with van der Waals surface area (Å²) in [5.41, 5.74) is 6.12. The monoisotopic (exact) mass is 465 g/mol. The van der Waals surface area contributed by atoms with E-state index in [1.165, 1.54) is 18.2 Å². The fourth-order valence-corrected chi connectivity index (χ4v) is 2.63. The number of nitrogens with one attached hydrogen (secondary N) is 2. The molecule has 33 heavy (non-hydrogen) atoms. The zero-order valence-corrected chi connectivity index (χ0v) is 17.9. The fraction of sp³-hybridized carbons (Fsp3) is 0.261. The van der Waals surface area contributed by atoms with E-state index in [1.54, 1.807) is 13.0 Å². The molecule has 0 saturated carbocycles. The lowest BCUT2D eigenvalue weighted by Crippen LogP contribution is -2.43. The number of nitrogens with two attached hydrogens (primary N) is 1. The second-order valence-electron chi connectivity index (χ2n) is 6.96. The van der Waals surface area contributed by atoms with Gasteiger partial charge in [0.15, 0.2) is 0 Å². The molecule has 2 aromatic rings. The third-order valence-corrected chi connectivity index (χ3v) is 4.29. The number of aryl methyl sites for hydroxylation is 1. The van der Waals surface area contributed by atoms with Gasteiger partial charge < -0.3 is 21.5 Å². The number of alkyl halides is 3. The summed E-state index contributed by atoms with van der Waals surface area (Å²) < 4.78 is 37.8. The van der Waals surface area contributed by atoms with Crippen LogP contribution in [-0.4, -0.2) is 35.5 Å². The Balaban J connectivity index is 0.00000172. The second-order valence-corrected chi connectivity index (χ2v) is 6.96. The largest absolute Gasteiger partial charge is 0.483 e. The van der Waals surface area contributed by atoms with E-state index < -0.39 is 29.7 Å². The standard InChI is InChI=1S/C22H24F3N3O2.CH2O2/c1-15(26)21(30)28-19(10-7-16-5-3-2-4-6-16)13-14-20(29)27-18-11-8-17(9-12-18)22(23,24)25;2-1-3/h2-6,8-9,11-15,19H,7,10,26H2,1H3,(H,27,29)(H,28,30);1H,(H,2,3)/t15-,19-;/m0./s1. The molecule has 0 saturated heterocycles. The lowest BCUT2D eigenvalue weighted by molar-refractivity contribution is -0.137. The minimum Gasteiger partial charge on any atom is -0.483 e. The highest BCUT2D eigenvalue weighted by Gasteiger charge is 2.29. The fourth-order valence-electron chi connectivity index (χ4n) is 2.63. The highest BCUT2D eigenvalue weighted by atomic mass is 19.4. The molecular formula is C23H26F3N3O4. The molecule has 178 valence electrons. The summed E-state index contributed by atoms with van der Waals surface area (Å²) in [6.07, 6.45) is -0.424. The normalized spacial score (nSPS) is 12.8. The molecule has 0 fully saturated rings. The maximum Gasteiger partial charge on any atom is 0.416 e. The lowest BCUT2D eigenvalue weighted by atomic mass is 10.0. The smallest absolute Gasteiger partial charge is 0.416 e. The number of amides is 2. The quantitative estimate of drug-likeness (QED) is 0.352. The van der Waals surface area contributed by atoms with Crippen molar-refractivity contribution in [3.63, 3.8) is 0 Å². The van der Waals surface area contributed by atoms with Crippen molar-refractivity contribution in [2.24, 2.45) is 5.73 Å². The number of benzene rings is 2. The molecular weight excluding hydrogens is 439 g/mol. The molecule has 10 heteroatoms. The Morgan fingerprint density at radius 3 is 2.18 bits per heavy atom. The van der Waals surface area contributed by atoms with Crippen molar-refractivity contribution in [3.05, 3.63) is 77.9 Å². The molecule has 0 radical (unpaired) electrons. The topological polar surface area (TPSA) is 122 Å². The van der Waals surface area contributed by atoms with Crippen LogP contribution in [0.4, 0.5) is 18.9 Å². The first-order chi connectivity index (χ1) is 15.6. The van der Waals surface area contributed by atoms with Crippen LogP contribution >= 0.6 is 0 Å². The number of rotatable bonds is 8. The second kappa shape index (κ2) is 13.7. The minimum atomic E-state index is -4.44. The number of anilines is 1. The van der Waals surface area contributed by atoms with E-state index in [0.717, 1.165) is 17.7 Å². The molecule has 2 rings (SSSR count). The van der Waals surface area contributed by atoms with Crippen LogP contribution in [0.15, 0.2) is 66.7 Å². The molecule has 2 atom stereocenters. The summed E-state index contributed by atoms with van der Waals surface area (Å²) in [6, 6.07) is 12.7. The van der Waals surface area contributed by atoms with Crippen molar-refractivity contribution in [3.8, 4) is 0 Å². The van der Waals surface area contributed by atoms with Gasteiger partial charge in [0.05, 0.1) is 11.6 Å². The van der Waals surface area contributed by atoms with Crippen molar-refractivity contribution in [2.75, 3.05) is 5.32 Å². The average molecular weight is 465 g/mol. The van der Waals surface area contributed by atoms with Gasteiger partial charge in [0, 0.05) is 17.8 Å². The van der Waals surface area contributed by atoms with Gasteiger partial charge in [-0.2, -0.15) is 13.2 Å². The van der Waals surface area contributed by atoms with E-state index >= 15 is 0 Å². The van der Waals surface area contributed by atoms with Gasteiger partial charge in [-0.05, 0) is 49.6 Å². The molecule has 0 unspecified atom stereocenters. The lowest BCUT2D eigenvalue weighted by Gasteiger charge is -2.17. The molecule has 0 bridgehead atoms. The molecule has 5 N–H and O–H groups in total. The molecule has 0 aliphatic heterocycles. The van der Waals surface area contributed by atoms with Crippen LogP contribution in [0.3, 0.4) is 0 Å². The molecule has 2 amide bonds. The Hall–Kier alpha value is -3.66. The first kappa shape index (κ1) is 27.4. The maximum absolute atomic E-state index is 12.6. The Morgan fingerprint density at radius 1 is 1.09 bits per heavy atom. The number of hydrogen-bond acceptors (Lipinski definition) is 4. The van der Waals surface area contributed by atoms with Crippen molar-refractivity contribution in [1.82, 2.24) is 5.32 Å². The summed E-state index contributed by atoms with van der Waals surface area (Å²) in [5, 5.41) is 12.2. The number of halogens is 3. The highest BCUT2D eigenvalue weighted by molar-refractivity contribution is 5.99. The van der Waals surface area contributed by atoms with Crippen molar-refractivity contribution < 1.29 is 32.7 Å². The van der Waals surface area contributed by atoms with E-state index in [-0.39, 0.29) is 18.1 Å². The van der Waals surface area contributed by atoms with Crippen LogP contribution < -0.4 is 16.4 Å². The van der Waals surface area contributed by atoms with E-state index in [1.807, 2.05) is 30.3 Å². The van der Waals surface area contributed by atoms with E-state index in [9.17, 15) is 22.8 Å². The van der Waals surface area contributed by atoms with Crippen LogP contribution in [-0.2, 0) is 27.0 Å². The van der Waals surface area contributed by atoms with Gasteiger partial charge in [0.1, 0.15) is 0 Å². The first-order valence-electron chi connectivity index (χ1n) is 9.91. The first-order valence-corrected chi connectivity index (χ1v) is 9.91. The van der Waals surface area contributed by atoms with Crippen LogP contribution in [0, 0.1) is 0 Å². The van der Waals surface area contributed by atoms with Gasteiger partial charge in [-0.15, -0.1) is 0 Å². The summed E-state index contributed by atoms with van der Waals surface area (Å²) in [5.74, 6) is -0.865. The van der Waals surface area contributed by atoms with E-state index in [0.29, 0.717) is 12.8 Å². The van der Waals surface area contributed by atoms with E-state index in [4.69, 9.17) is 15.6 Å². The predicted molar refractivity (Wildman–Crippen MR) is 118 cm³/mol.